The van der Waals surface area contributed by atoms with Gasteiger partial charge in [0.15, 0.2) is 0 Å². The number of nitrogens with one attached hydrogen (secondary N) is 1. The molecule has 5 heteroatoms. The molecule has 1 saturated heterocycles. The molecule has 2 rings (SSSR count). The number of carbonyl (C=O) groups excluding carboxylic acids is 1. The zero-order chi connectivity index (χ0) is 13.8. The predicted octanol–water partition coefficient (Wildman–Crippen LogP) is 3.26. The van der Waals surface area contributed by atoms with E-state index < -0.39 is 0 Å². The standard InChI is InChI=1S/C14H18BrFN2O/c1-10-3-2-6-18(9-10)14(19)8-17-13-5-4-11(15)7-12(13)16/h4-5,7,10,17H,2-3,6,8-9H2,1H3. The van der Waals surface area contributed by atoms with Crippen LogP contribution in [-0.2, 0) is 4.79 Å². The molecule has 3 nitrogen and oxygen atoms in total. The SMILES string of the molecule is CC1CCCN(C(=O)CNc2ccc(Br)cc2F)C1. The predicted molar refractivity (Wildman–Crippen MR) is 77.6 cm³/mol. The van der Waals surface area contributed by atoms with Gasteiger partial charge in [0.1, 0.15) is 5.82 Å². The van der Waals surface area contributed by atoms with Crippen LogP contribution in [0.5, 0.6) is 0 Å². The molecule has 0 bridgehead atoms. The molecule has 1 N–H and O–H groups in total. The lowest BCUT2D eigenvalue weighted by atomic mass is 10.0. The van der Waals surface area contributed by atoms with Crippen molar-refractivity contribution < 1.29 is 9.18 Å². The van der Waals surface area contributed by atoms with Gasteiger partial charge < -0.3 is 10.2 Å². The first-order valence-electron chi connectivity index (χ1n) is 6.53. The van der Waals surface area contributed by atoms with Crippen LogP contribution in [0.3, 0.4) is 0 Å². The lowest BCUT2D eigenvalue weighted by Crippen LogP contribution is -2.42. The van der Waals surface area contributed by atoms with Crippen molar-refractivity contribution in [2.24, 2.45) is 5.92 Å². The molecule has 0 aliphatic carbocycles. The Morgan fingerprint density at radius 1 is 1.58 bits per heavy atom. The smallest absolute Gasteiger partial charge is 0.241 e. The van der Waals surface area contributed by atoms with Crippen LogP contribution >= 0.6 is 15.9 Å². The summed E-state index contributed by atoms with van der Waals surface area (Å²) in [5.74, 6) is 0.241. The van der Waals surface area contributed by atoms with Crippen molar-refractivity contribution in [3.05, 3.63) is 28.5 Å². The molecule has 1 aromatic rings. The molecule has 0 aromatic heterocycles. The number of carbonyl (C=O) groups is 1. The van der Waals surface area contributed by atoms with Crippen LogP contribution in [0.2, 0.25) is 0 Å². The van der Waals surface area contributed by atoms with Crippen LogP contribution in [0.15, 0.2) is 22.7 Å². The minimum atomic E-state index is -0.353. The molecular formula is C14H18BrFN2O. The van der Waals surface area contributed by atoms with Gasteiger partial charge >= 0.3 is 0 Å². The largest absolute Gasteiger partial charge is 0.374 e. The van der Waals surface area contributed by atoms with Crippen molar-refractivity contribution in [3.8, 4) is 0 Å². The zero-order valence-electron chi connectivity index (χ0n) is 11.0. The molecule has 1 aromatic carbocycles. The van der Waals surface area contributed by atoms with E-state index in [1.54, 1.807) is 12.1 Å². The van der Waals surface area contributed by atoms with E-state index in [1.165, 1.54) is 12.5 Å². The van der Waals surface area contributed by atoms with Crippen LogP contribution in [0, 0.1) is 11.7 Å². The molecule has 104 valence electrons. The van der Waals surface area contributed by atoms with Gasteiger partial charge in [-0.15, -0.1) is 0 Å². The fraction of sp³-hybridized carbons (Fsp3) is 0.500. The van der Waals surface area contributed by atoms with Crippen molar-refractivity contribution in [1.29, 1.82) is 0 Å². The van der Waals surface area contributed by atoms with Gasteiger partial charge in [-0.25, -0.2) is 4.39 Å². The second-order valence-electron chi connectivity index (χ2n) is 5.06. The van der Waals surface area contributed by atoms with E-state index in [4.69, 9.17) is 0 Å². The summed E-state index contributed by atoms with van der Waals surface area (Å²) in [5.41, 5.74) is 0.363. The summed E-state index contributed by atoms with van der Waals surface area (Å²) < 4.78 is 14.3. The third-order valence-electron chi connectivity index (χ3n) is 3.37. The Balaban J connectivity index is 1.89. The van der Waals surface area contributed by atoms with Gasteiger partial charge in [-0.1, -0.05) is 22.9 Å². The molecular weight excluding hydrogens is 311 g/mol. The fourth-order valence-corrected chi connectivity index (χ4v) is 2.66. The van der Waals surface area contributed by atoms with E-state index >= 15 is 0 Å². The number of rotatable bonds is 3. The average molecular weight is 329 g/mol. The van der Waals surface area contributed by atoms with Crippen molar-refractivity contribution >= 4 is 27.5 Å². The normalized spacial score (nSPS) is 19.3. The van der Waals surface area contributed by atoms with Gasteiger partial charge in [-0.3, -0.25) is 4.79 Å². The highest BCUT2D eigenvalue weighted by atomic mass is 79.9. The van der Waals surface area contributed by atoms with Crippen LogP contribution in [0.25, 0.3) is 0 Å². The molecule has 1 atom stereocenters. The van der Waals surface area contributed by atoms with Crippen LogP contribution in [0.1, 0.15) is 19.8 Å². The number of hydrogen-bond acceptors (Lipinski definition) is 2. The molecule has 0 saturated carbocycles. The number of likely N-dealkylation sites (tertiary alicyclic amines) is 1. The molecule has 1 heterocycles. The van der Waals surface area contributed by atoms with Crippen LogP contribution in [0.4, 0.5) is 10.1 Å². The first-order valence-corrected chi connectivity index (χ1v) is 7.32. The Hall–Kier alpha value is -1.10. The number of piperidine rings is 1. The average Bonchev–Trinajstić information content (AvgIpc) is 2.37. The summed E-state index contributed by atoms with van der Waals surface area (Å²) in [6.07, 6.45) is 2.23. The summed E-state index contributed by atoms with van der Waals surface area (Å²) in [5, 5.41) is 2.87. The summed E-state index contributed by atoms with van der Waals surface area (Å²) in [6, 6.07) is 4.76. The van der Waals surface area contributed by atoms with Gasteiger partial charge in [0.05, 0.1) is 12.2 Å². The van der Waals surface area contributed by atoms with Crippen molar-refractivity contribution in [2.45, 2.75) is 19.8 Å². The first kappa shape index (κ1) is 14.3. The quantitative estimate of drug-likeness (QED) is 0.923. The van der Waals surface area contributed by atoms with Crippen molar-refractivity contribution in [3.63, 3.8) is 0 Å². The van der Waals surface area contributed by atoms with E-state index in [-0.39, 0.29) is 18.3 Å². The maximum Gasteiger partial charge on any atom is 0.241 e. The first-order chi connectivity index (χ1) is 9.06. The summed E-state index contributed by atoms with van der Waals surface area (Å²) in [4.78, 5) is 13.9. The molecule has 0 radical (unpaired) electrons. The third-order valence-corrected chi connectivity index (χ3v) is 3.86. The van der Waals surface area contributed by atoms with Crippen LogP contribution < -0.4 is 5.32 Å². The number of halogens is 2. The molecule has 1 unspecified atom stereocenters. The number of nitrogens with zero attached hydrogens (tertiary/aromatic N) is 1. The van der Waals surface area contributed by atoms with E-state index in [1.807, 2.05) is 4.90 Å². The Kier molecular flexibility index (Phi) is 4.80. The molecule has 1 aliphatic heterocycles. The Morgan fingerprint density at radius 3 is 3.05 bits per heavy atom. The van der Waals surface area contributed by atoms with Gasteiger partial charge in [-0.2, -0.15) is 0 Å². The second-order valence-corrected chi connectivity index (χ2v) is 5.98. The second kappa shape index (κ2) is 6.37. The topological polar surface area (TPSA) is 32.3 Å². The Bertz CT molecular complexity index is 467. The summed E-state index contributed by atoms with van der Waals surface area (Å²) in [7, 11) is 0. The maximum absolute atomic E-state index is 13.6. The van der Waals surface area contributed by atoms with Gasteiger partial charge in [-0.05, 0) is 37.0 Å². The Morgan fingerprint density at radius 2 is 2.37 bits per heavy atom. The van der Waals surface area contributed by atoms with Gasteiger partial charge in [0.2, 0.25) is 5.91 Å². The van der Waals surface area contributed by atoms with Crippen molar-refractivity contribution in [2.75, 3.05) is 25.0 Å². The number of amides is 1. The van der Waals surface area contributed by atoms with E-state index in [0.29, 0.717) is 16.1 Å². The summed E-state index contributed by atoms with van der Waals surface area (Å²) in [6.45, 7) is 3.92. The monoisotopic (exact) mass is 328 g/mol. The minimum absolute atomic E-state index is 0.0360. The molecule has 19 heavy (non-hydrogen) atoms. The Labute approximate surface area is 121 Å². The molecule has 1 amide bonds. The summed E-state index contributed by atoms with van der Waals surface area (Å²) >= 11 is 3.20. The fourth-order valence-electron chi connectivity index (χ4n) is 2.33. The van der Waals surface area contributed by atoms with Gasteiger partial charge in [0.25, 0.3) is 0 Å². The third kappa shape index (κ3) is 3.93. The molecule has 0 spiro atoms. The molecule has 1 fully saturated rings. The van der Waals surface area contributed by atoms with E-state index in [9.17, 15) is 9.18 Å². The number of anilines is 1. The van der Waals surface area contributed by atoms with E-state index in [2.05, 4.69) is 28.2 Å². The lowest BCUT2D eigenvalue weighted by Gasteiger charge is -2.31. The molecule has 1 aliphatic rings. The van der Waals surface area contributed by atoms with Crippen LogP contribution in [-0.4, -0.2) is 30.4 Å². The van der Waals surface area contributed by atoms with E-state index in [0.717, 1.165) is 19.5 Å². The number of benzene rings is 1. The lowest BCUT2D eigenvalue weighted by molar-refractivity contribution is -0.130. The zero-order valence-corrected chi connectivity index (χ0v) is 12.5. The minimum Gasteiger partial charge on any atom is -0.374 e. The highest BCUT2D eigenvalue weighted by Crippen LogP contribution is 2.19. The maximum atomic E-state index is 13.6. The van der Waals surface area contributed by atoms with Gasteiger partial charge in [0, 0.05) is 17.6 Å². The van der Waals surface area contributed by atoms with Crippen molar-refractivity contribution in [1.82, 2.24) is 4.90 Å². The highest BCUT2D eigenvalue weighted by Gasteiger charge is 2.20. The number of hydrogen-bond donors (Lipinski definition) is 1. The highest BCUT2D eigenvalue weighted by molar-refractivity contribution is 9.10.